The topological polar surface area (TPSA) is 66.0 Å². The van der Waals surface area contributed by atoms with Crippen LogP contribution in [0.2, 0.25) is 0 Å². The molecule has 0 heterocycles. The Labute approximate surface area is 159 Å². The number of para-hydroxylation sites is 1. The molecule has 1 aromatic rings. The standard InChI is InChI=1S/C18H29BrN4O2/c1-6-13(2)22-18(21-12-17(24)23(4)5)20-11-14(3)25-16-10-8-7-9-15(16)19/h7-10,13-14H,6,11-12H2,1-5H3,(H2,20,21,22). The fourth-order valence-electron chi connectivity index (χ4n) is 1.82. The molecule has 0 aliphatic carbocycles. The van der Waals surface area contributed by atoms with Crippen LogP contribution < -0.4 is 15.4 Å². The van der Waals surface area contributed by atoms with E-state index in [2.05, 4.69) is 45.4 Å². The molecule has 1 rings (SSSR count). The van der Waals surface area contributed by atoms with Gasteiger partial charge in [0.05, 0.1) is 11.0 Å². The molecule has 25 heavy (non-hydrogen) atoms. The smallest absolute Gasteiger partial charge is 0.243 e. The maximum atomic E-state index is 11.8. The summed E-state index contributed by atoms with van der Waals surface area (Å²) >= 11 is 3.48. The van der Waals surface area contributed by atoms with Crippen molar-refractivity contribution in [2.45, 2.75) is 39.3 Å². The molecule has 140 valence electrons. The number of halogens is 1. The van der Waals surface area contributed by atoms with Crippen molar-refractivity contribution in [3.8, 4) is 5.75 Å². The zero-order chi connectivity index (χ0) is 18.8. The minimum atomic E-state index is -0.0628. The van der Waals surface area contributed by atoms with Gasteiger partial charge >= 0.3 is 0 Å². The Morgan fingerprint density at radius 1 is 1.32 bits per heavy atom. The molecule has 0 saturated heterocycles. The molecule has 7 heteroatoms. The van der Waals surface area contributed by atoms with E-state index < -0.39 is 0 Å². The number of guanidine groups is 1. The second-order valence-corrected chi connectivity index (χ2v) is 7.00. The Balaban J connectivity index is 2.62. The van der Waals surface area contributed by atoms with Crippen LogP contribution in [-0.4, -0.2) is 56.1 Å². The van der Waals surface area contributed by atoms with Gasteiger partial charge in [0.15, 0.2) is 5.96 Å². The van der Waals surface area contributed by atoms with Crippen LogP contribution >= 0.6 is 15.9 Å². The fourth-order valence-corrected chi connectivity index (χ4v) is 2.19. The van der Waals surface area contributed by atoms with Crippen LogP contribution in [0.15, 0.2) is 33.7 Å². The van der Waals surface area contributed by atoms with Crippen LogP contribution in [0.3, 0.4) is 0 Å². The summed E-state index contributed by atoms with van der Waals surface area (Å²) in [7, 11) is 3.45. The molecule has 0 aliphatic heterocycles. The summed E-state index contributed by atoms with van der Waals surface area (Å²) in [5.41, 5.74) is 0. The summed E-state index contributed by atoms with van der Waals surface area (Å²) in [5, 5.41) is 6.54. The number of hydrogen-bond acceptors (Lipinski definition) is 3. The van der Waals surface area contributed by atoms with Gasteiger partial charge in [0, 0.05) is 20.1 Å². The van der Waals surface area contributed by atoms with Gasteiger partial charge in [-0.2, -0.15) is 0 Å². The summed E-state index contributed by atoms with van der Waals surface area (Å²) in [6.07, 6.45) is 0.901. The molecule has 1 aromatic carbocycles. The third kappa shape index (κ3) is 8.25. The third-order valence-electron chi connectivity index (χ3n) is 3.59. The number of ether oxygens (including phenoxy) is 1. The van der Waals surface area contributed by atoms with Gasteiger partial charge in [-0.3, -0.25) is 4.79 Å². The second kappa shape index (κ2) is 11.0. The summed E-state index contributed by atoms with van der Waals surface area (Å²) in [6, 6.07) is 8.01. The highest BCUT2D eigenvalue weighted by atomic mass is 79.9. The molecule has 6 nitrogen and oxygen atoms in total. The van der Waals surface area contributed by atoms with Gasteiger partial charge in [0.25, 0.3) is 0 Å². The molecule has 0 aliphatic rings. The Hall–Kier alpha value is -1.76. The van der Waals surface area contributed by atoms with Gasteiger partial charge in [-0.1, -0.05) is 19.1 Å². The van der Waals surface area contributed by atoms with Crippen LogP contribution in [0.1, 0.15) is 27.2 Å². The lowest BCUT2D eigenvalue weighted by Crippen LogP contribution is -2.45. The van der Waals surface area contributed by atoms with E-state index in [1.807, 2.05) is 31.2 Å². The molecule has 2 N–H and O–H groups in total. The largest absolute Gasteiger partial charge is 0.488 e. The summed E-state index contributed by atoms with van der Waals surface area (Å²) in [4.78, 5) is 17.7. The first kappa shape index (κ1) is 21.3. The molecule has 2 atom stereocenters. The van der Waals surface area contributed by atoms with Crippen molar-refractivity contribution in [3.05, 3.63) is 28.7 Å². The average molecular weight is 413 g/mol. The summed E-state index contributed by atoms with van der Waals surface area (Å²) in [5.74, 6) is 1.38. The van der Waals surface area contributed by atoms with Gasteiger partial charge < -0.3 is 20.3 Å². The minimum absolute atomic E-state index is 0.0391. The van der Waals surface area contributed by atoms with Crippen molar-refractivity contribution in [3.63, 3.8) is 0 Å². The monoisotopic (exact) mass is 412 g/mol. The van der Waals surface area contributed by atoms with Crippen molar-refractivity contribution in [1.82, 2.24) is 15.5 Å². The third-order valence-corrected chi connectivity index (χ3v) is 4.24. The van der Waals surface area contributed by atoms with E-state index in [9.17, 15) is 4.79 Å². The molecule has 1 amide bonds. The highest BCUT2D eigenvalue weighted by molar-refractivity contribution is 9.10. The Morgan fingerprint density at radius 3 is 2.60 bits per heavy atom. The molecule has 0 spiro atoms. The van der Waals surface area contributed by atoms with Crippen molar-refractivity contribution in [2.75, 3.05) is 27.2 Å². The highest BCUT2D eigenvalue weighted by Crippen LogP contribution is 2.24. The first-order valence-electron chi connectivity index (χ1n) is 8.49. The zero-order valence-electron chi connectivity index (χ0n) is 15.7. The lowest BCUT2D eigenvalue weighted by molar-refractivity contribution is -0.127. The number of hydrogen-bond donors (Lipinski definition) is 2. The maximum absolute atomic E-state index is 11.8. The van der Waals surface area contributed by atoms with E-state index in [0.29, 0.717) is 12.5 Å². The van der Waals surface area contributed by atoms with Gasteiger partial charge in [-0.25, -0.2) is 4.99 Å². The number of aliphatic imine (C=N–C) groups is 1. The van der Waals surface area contributed by atoms with Crippen molar-refractivity contribution in [2.24, 2.45) is 4.99 Å². The number of likely N-dealkylation sites (N-methyl/N-ethyl adjacent to an activating group) is 1. The van der Waals surface area contributed by atoms with E-state index in [-0.39, 0.29) is 24.6 Å². The minimum Gasteiger partial charge on any atom is -0.488 e. The van der Waals surface area contributed by atoms with E-state index in [4.69, 9.17) is 4.74 Å². The van der Waals surface area contributed by atoms with Crippen LogP contribution in [0.4, 0.5) is 0 Å². The van der Waals surface area contributed by atoms with Gasteiger partial charge in [-0.05, 0) is 48.3 Å². The molecular formula is C18H29BrN4O2. The maximum Gasteiger partial charge on any atom is 0.243 e. The highest BCUT2D eigenvalue weighted by Gasteiger charge is 2.10. The van der Waals surface area contributed by atoms with Gasteiger partial charge in [-0.15, -0.1) is 0 Å². The molecule has 0 radical (unpaired) electrons. The lowest BCUT2D eigenvalue weighted by Gasteiger charge is -2.21. The quantitative estimate of drug-likeness (QED) is 0.508. The number of carbonyl (C=O) groups is 1. The fraction of sp³-hybridized carbons (Fsp3) is 0.556. The predicted octanol–water partition coefficient (Wildman–Crippen LogP) is 2.64. The summed E-state index contributed by atoms with van der Waals surface area (Å²) < 4.78 is 6.84. The number of nitrogens with zero attached hydrogens (tertiary/aromatic N) is 2. The Kier molecular flexibility index (Phi) is 9.34. The normalized spacial score (nSPS) is 13.8. The van der Waals surface area contributed by atoms with E-state index in [1.54, 1.807) is 14.1 Å². The first-order chi connectivity index (χ1) is 11.8. The van der Waals surface area contributed by atoms with E-state index in [1.165, 1.54) is 4.90 Å². The van der Waals surface area contributed by atoms with Crippen molar-refractivity contribution < 1.29 is 9.53 Å². The first-order valence-corrected chi connectivity index (χ1v) is 9.29. The predicted molar refractivity (Wildman–Crippen MR) is 106 cm³/mol. The Bertz CT molecular complexity index is 578. The molecule has 0 fully saturated rings. The van der Waals surface area contributed by atoms with Crippen LogP contribution in [-0.2, 0) is 4.79 Å². The van der Waals surface area contributed by atoms with Gasteiger partial charge in [0.1, 0.15) is 18.4 Å². The Morgan fingerprint density at radius 2 is 2.00 bits per heavy atom. The van der Waals surface area contributed by atoms with E-state index >= 15 is 0 Å². The average Bonchev–Trinajstić information content (AvgIpc) is 2.58. The van der Waals surface area contributed by atoms with Gasteiger partial charge in [0.2, 0.25) is 5.91 Å². The van der Waals surface area contributed by atoms with Crippen LogP contribution in [0, 0.1) is 0 Å². The summed E-state index contributed by atoms with van der Waals surface area (Å²) in [6.45, 7) is 6.83. The number of rotatable bonds is 8. The molecular weight excluding hydrogens is 384 g/mol. The molecule has 0 saturated carbocycles. The SMILES string of the molecule is CCC(C)NC(=NCC(=O)N(C)C)NCC(C)Oc1ccccc1Br. The van der Waals surface area contributed by atoms with Crippen LogP contribution in [0.25, 0.3) is 0 Å². The molecule has 2 unspecified atom stereocenters. The zero-order valence-corrected chi connectivity index (χ0v) is 17.3. The van der Waals surface area contributed by atoms with Crippen LogP contribution in [0.5, 0.6) is 5.75 Å². The number of amides is 1. The van der Waals surface area contributed by atoms with Crippen molar-refractivity contribution >= 4 is 27.8 Å². The van der Waals surface area contributed by atoms with E-state index in [0.717, 1.165) is 16.6 Å². The molecule has 0 bridgehead atoms. The number of benzene rings is 1. The number of carbonyl (C=O) groups excluding carboxylic acids is 1. The molecule has 0 aromatic heterocycles. The number of nitrogens with one attached hydrogen (secondary N) is 2. The van der Waals surface area contributed by atoms with Crippen molar-refractivity contribution in [1.29, 1.82) is 0 Å². The second-order valence-electron chi connectivity index (χ2n) is 6.15. The lowest BCUT2D eigenvalue weighted by atomic mass is 10.3.